The van der Waals surface area contributed by atoms with Crippen LogP contribution in [0.3, 0.4) is 0 Å². The summed E-state index contributed by atoms with van der Waals surface area (Å²) >= 11 is 3.43. The van der Waals surface area contributed by atoms with Gasteiger partial charge < -0.3 is 39.4 Å². The number of rotatable bonds is 9. The molecule has 11 nitrogen and oxygen atoms in total. The Balaban J connectivity index is 0.000000172. The van der Waals surface area contributed by atoms with Gasteiger partial charge >= 0.3 is 5.97 Å². The number of halogens is 1. The number of benzene rings is 4. The summed E-state index contributed by atoms with van der Waals surface area (Å²) in [7, 11) is 4.59. The molecular weight excluding hydrogens is 804 g/mol. The Morgan fingerprint density at radius 2 is 1.74 bits per heavy atom. The molecule has 3 saturated heterocycles. The molecule has 5 aliphatic rings. The van der Waals surface area contributed by atoms with Gasteiger partial charge in [-0.05, 0) is 84.3 Å². The molecule has 0 amide bonds. The zero-order valence-corrected chi connectivity index (χ0v) is 34.1. The number of pyridine rings is 1. The quantitative estimate of drug-likeness (QED) is 0.114. The van der Waals surface area contributed by atoms with Crippen molar-refractivity contribution >= 4 is 32.8 Å². The fourth-order valence-electron chi connectivity index (χ4n) is 10.1. The lowest BCUT2D eigenvalue weighted by Crippen LogP contribution is -2.54. The van der Waals surface area contributed by atoms with E-state index >= 15 is 0 Å². The third-order valence-corrected chi connectivity index (χ3v) is 13.3. The van der Waals surface area contributed by atoms with Crippen LogP contribution >= 0.6 is 15.9 Å². The maximum Gasteiger partial charge on any atom is 0.310 e. The highest BCUT2D eigenvalue weighted by Crippen LogP contribution is 2.70. The molecule has 10 atom stereocenters. The van der Waals surface area contributed by atoms with Gasteiger partial charge in [0.05, 0.1) is 44.4 Å². The maximum atomic E-state index is 12.6. The topological polar surface area (TPSA) is 151 Å². The first-order valence-electron chi connectivity index (χ1n) is 19.4. The number of piperidine rings is 3. The van der Waals surface area contributed by atoms with Crippen LogP contribution in [0.15, 0.2) is 114 Å². The van der Waals surface area contributed by atoms with Crippen molar-refractivity contribution in [3.63, 3.8) is 0 Å². The number of hydrogen-bond donors (Lipinski definition) is 4. The Bertz CT molecular complexity index is 2330. The predicted molar refractivity (Wildman–Crippen MR) is 221 cm³/mol. The van der Waals surface area contributed by atoms with E-state index in [1.165, 1.54) is 20.6 Å². The van der Waals surface area contributed by atoms with Gasteiger partial charge in [0.1, 0.15) is 29.1 Å². The molecule has 1 aromatic heterocycles. The average Bonchev–Trinajstić information content (AvgIpc) is 3.64. The van der Waals surface area contributed by atoms with Crippen LogP contribution in [0.25, 0.3) is 10.9 Å². The van der Waals surface area contributed by atoms with Gasteiger partial charge in [-0.15, -0.1) is 6.58 Å². The largest absolute Gasteiger partial charge is 0.497 e. The monoisotopic (exact) mass is 850 g/mol. The molecule has 5 aromatic rings. The van der Waals surface area contributed by atoms with Crippen molar-refractivity contribution in [2.45, 2.75) is 48.2 Å². The third-order valence-electron chi connectivity index (χ3n) is 12.8. The third kappa shape index (κ3) is 6.24. The van der Waals surface area contributed by atoms with Crippen molar-refractivity contribution in [2.24, 2.45) is 17.8 Å². The van der Waals surface area contributed by atoms with Gasteiger partial charge in [-0.25, -0.2) is 0 Å². The highest BCUT2D eigenvalue weighted by atomic mass is 79.9. The molecule has 1 aliphatic carbocycles. The molecule has 4 N–H and O–H groups in total. The van der Waals surface area contributed by atoms with E-state index in [4.69, 9.17) is 18.9 Å². The molecule has 12 heteroatoms. The standard InChI is InChI=1S/C26H23BrO7.C20H24N2O2/c1-32-17-12-18(33-2)22-19(13-17)34-26(15-8-10-16(27)11-9-15)21(14-6-4-3-5-7-14)20(24(29)30)23(28)25(22,26)31;1-3-13-12-22-9-7-14(13)10-19(22)20(23)16-6-8-21-18-5-4-15(24-2)11-17(16)18/h3-13,20-21,23,28,31H,1-2H3,(H,29,30);3-6,8,11,13-14,19-20,23H,1,7,9-10,12H2,2H3/t20-,21-,23-,25+,26+;13-,14-,19-,20-/m10/s1. The second kappa shape index (κ2) is 15.6. The zero-order valence-electron chi connectivity index (χ0n) is 32.5. The van der Waals surface area contributed by atoms with E-state index in [0.29, 0.717) is 28.7 Å². The Hall–Kier alpha value is -4.98. The number of aliphatic hydroxyl groups excluding tert-OH is 2. The molecule has 1 unspecified atom stereocenters. The molecule has 2 bridgehead atoms. The highest BCUT2D eigenvalue weighted by Gasteiger charge is 2.78. The van der Waals surface area contributed by atoms with Crippen molar-refractivity contribution in [1.29, 1.82) is 0 Å². The fourth-order valence-corrected chi connectivity index (χ4v) is 10.3. The van der Waals surface area contributed by atoms with E-state index < -0.39 is 41.2 Å². The Labute approximate surface area is 345 Å². The van der Waals surface area contributed by atoms with Gasteiger partial charge in [-0.2, -0.15) is 0 Å². The molecule has 302 valence electrons. The van der Waals surface area contributed by atoms with Crippen LogP contribution in [0.5, 0.6) is 23.0 Å². The zero-order chi connectivity index (χ0) is 40.9. The first-order chi connectivity index (χ1) is 28.0. The summed E-state index contributed by atoms with van der Waals surface area (Å²) in [6.45, 7) is 6.07. The second-order valence-electron chi connectivity index (χ2n) is 15.5. The summed E-state index contributed by atoms with van der Waals surface area (Å²) in [5.74, 6) is -0.610. The van der Waals surface area contributed by atoms with Crippen LogP contribution in [0, 0.1) is 17.8 Å². The van der Waals surface area contributed by atoms with E-state index in [-0.39, 0.29) is 23.1 Å². The molecule has 5 heterocycles. The molecule has 58 heavy (non-hydrogen) atoms. The summed E-state index contributed by atoms with van der Waals surface area (Å²) in [6, 6.07) is 27.2. The Kier molecular flexibility index (Phi) is 10.7. The molecule has 0 radical (unpaired) electrons. The minimum Gasteiger partial charge on any atom is -0.497 e. The van der Waals surface area contributed by atoms with Gasteiger partial charge in [0.15, 0.2) is 11.2 Å². The van der Waals surface area contributed by atoms with E-state index in [1.807, 2.05) is 30.3 Å². The molecule has 4 fully saturated rings. The van der Waals surface area contributed by atoms with E-state index in [1.54, 1.807) is 74.0 Å². The van der Waals surface area contributed by atoms with Gasteiger partial charge in [-0.3, -0.25) is 14.7 Å². The molecule has 4 aliphatic heterocycles. The van der Waals surface area contributed by atoms with Crippen LogP contribution in [-0.4, -0.2) is 82.8 Å². The minimum absolute atomic E-state index is 0.178. The van der Waals surface area contributed by atoms with Crippen LogP contribution in [0.1, 0.15) is 47.1 Å². The van der Waals surface area contributed by atoms with Crippen molar-refractivity contribution in [3.05, 3.63) is 137 Å². The minimum atomic E-state index is -2.14. The summed E-state index contributed by atoms with van der Waals surface area (Å²) in [4.78, 5) is 19.4. The van der Waals surface area contributed by atoms with Crippen molar-refractivity contribution in [1.82, 2.24) is 9.88 Å². The smallest absolute Gasteiger partial charge is 0.310 e. The SMILES string of the molecule is C=C[C@H]1CN2CC[C@H]1C[C@H]2[C@@H](O)c1ccnc2ccc(OC)cc12.COc1cc(OC)c2c(c1)O[C@@]1(c3ccc(Br)cc3)[C@H](c3ccccc3)[C@@H](C(=O)O)[C@@H](O)[C@@]21O. The van der Waals surface area contributed by atoms with Crippen molar-refractivity contribution < 1.29 is 44.2 Å². The number of ether oxygens (including phenoxy) is 4. The number of carbonyl (C=O) groups is 1. The number of aromatic nitrogens is 1. The normalized spacial score (nSPS) is 29.6. The van der Waals surface area contributed by atoms with E-state index in [2.05, 4.69) is 38.5 Å². The fraction of sp³-hybridized carbons (Fsp3) is 0.348. The number of fused-ring (bicyclic) bond motifs is 7. The lowest BCUT2D eigenvalue weighted by atomic mass is 9.70. The van der Waals surface area contributed by atoms with Gasteiger partial charge in [-0.1, -0.05) is 64.5 Å². The predicted octanol–water partition coefficient (Wildman–Crippen LogP) is 6.97. The van der Waals surface area contributed by atoms with Crippen LogP contribution < -0.4 is 18.9 Å². The number of carboxylic acid groups (broad SMARTS) is 1. The lowest BCUT2D eigenvalue weighted by Gasteiger charge is -2.50. The summed E-state index contributed by atoms with van der Waals surface area (Å²) in [5.41, 5.74) is -0.634. The van der Waals surface area contributed by atoms with Gasteiger partial charge in [0.25, 0.3) is 0 Å². The number of aliphatic hydroxyl groups is 3. The number of hydrogen-bond acceptors (Lipinski definition) is 10. The first kappa shape index (κ1) is 39.8. The molecule has 1 saturated carbocycles. The summed E-state index contributed by atoms with van der Waals surface area (Å²) in [5, 5.41) is 46.5. The van der Waals surface area contributed by atoms with Gasteiger partial charge in [0.2, 0.25) is 0 Å². The number of methoxy groups -OCH3 is 3. The molecule has 4 aromatic carbocycles. The second-order valence-corrected chi connectivity index (χ2v) is 16.4. The van der Waals surface area contributed by atoms with E-state index in [9.17, 15) is 25.2 Å². The Morgan fingerprint density at radius 1 is 1.00 bits per heavy atom. The number of aliphatic carboxylic acids is 1. The molecule has 0 spiro atoms. The first-order valence-corrected chi connectivity index (χ1v) is 20.2. The van der Waals surface area contributed by atoms with Crippen LogP contribution in [0.4, 0.5) is 0 Å². The number of nitrogens with zero attached hydrogens (tertiary/aromatic N) is 2. The van der Waals surface area contributed by atoms with Gasteiger partial charge in [0, 0.05) is 46.7 Å². The van der Waals surface area contributed by atoms with E-state index in [0.717, 1.165) is 46.2 Å². The molecular formula is C46H47BrN2O9. The summed E-state index contributed by atoms with van der Waals surface area (Å²) < 4.78 is 23.7. The number of carboxylic acids is 1. The van der Waals surface area contributed by atoms with Crippen LogP contribution in [-0.2, 0) is 16.0 Å². The molecule has 10 rings (SSSR count). The van der Waals surface area contributed by atoms with Crippen molar-refractivity contribution in [2.75, 3.05) is 34.4 Å². The summed E-state index contributed by atoms with van der Waals surface area (Å²) in [6.07, 6.45) is 3.91. The average molecular weight is 852 g/mol. The lowest BCUT2D eigenvalue weighted by molar-refractivity contribution is -0.159. The Morgan fingerprint density at radius 3 is 2.38 bits per heavy atom. The van der Waals surface area contributed by atoms with Crippen LogP contribution in [0.2, 0.25) is 0 Å². The highest BCUT2D eigenvalue weighted by molar-refractivity contribution is 9.10. The maximum absolute atomic E-state index is 12.6. The van der Waals surface area contributed by atoms with Crippen molar-refractivity contribution in [3.8, 4) is 23.0 Å².